The highest BCUT2D eigenvalue weighted by Crippen LogP contribution is 2.26. The molecule has 0 aliphatic heterocycles. The summed E-state index contributed by atoms with van der Waals surface area (Å²) in [5.74, 6) is 6.37. The highest BCUT2D eigenvalue weighted by Gasteiger charge is 2.15. The SMILES string of the molecule is COc1cnccc1C(Cc1cccc(Cl)c1)NN. The molecule has 1 aromatic carbocycles. The molecule has 2 aromatic rings. The highest BCUT2D eigenvalue weighted by atomic mass is 35.5. The van der Waals surface area contributed by atoms with E-state index in [-0.39, 0.29) is 6.04 Å². The molecule has 0 radical (unpaired) electrons. The number of pyridine rings is 1. The summed E-state index contributed by atoms with van der Waals surface area (Å²) in [5.41, 5.74) is 4.89. The van der Waals surface area contributed by atoms with Crippen LogP contribution in [0.15, 0.2) is 42.7 Å². The molecule has 0 saturated carbocycles. The van der Waals surface area contributed by atoms with E-state index in [4.69, 9.17) is 22.2 Å². The average molecular weight is 278 g/mol. The zero-order valence-corrected chi connectivity index (χ0v) is 11.4. The van der Waals surface area contributed by atoms with Gasteiger partial charge in [0.25, 0.3) is 0 Å². The highest BCUT2D eigenvalue weighted by molar-refractivity contribution is 6.30. The number of nitrogens with two attached hydrogens (primary N) is 1. The molecule has 0 aliphatic rings. The first-order valence-electron chi connectivity index (χ1n) is 5.93. The van der Waals surface area contributed by atoms with Gasteiger partial charge in [-0.1, -0.05) is 23.7 Å². The van der Waals surface area contributed by atoms with Crippen molar-refractivity contribution in [3.05, 3.63) is 58.9 Å². The third-order valence-corrected chi connectivity index (χ3v) is 3.18. The Morgan fingerprint density at radius 1 is 1.42 bits per heavy atom. The summed E-state index contributed by atoms with van der Waals surface area (Å²) < 4.78 is 5.31. The molecule has 1 atom stereocenters. The van der Waals surface area contributed by atoms with Crippen LogP contribution in [0, 0.1) is 0 Å². The van der Waals surface area contributed by atoms with Crippen molar-refractivity contribution in [1.29, 1.82) is 0 Å². The van der Waals surface area contributed by atoms with Gasteiger partial charge in [-0.25, -0.2) is 0 Å². The Bertz CT molecular complexity index is 548. The van der Waals surface area contributed by atoms with Crippen molar-refractivity contribution in [3.63, 3.8) is 0 Å². The number of hydrogen-bond acceptors (Lipinski definition) is 4. The van der Waals surface area contributed by atoms with E-state index in [1.807, 2.05) is 30.3 Å². The van der Waals surface area contributed by atoms with Gasteiger partial charge in [0.1, 0.15) is 5.75 Å². The second kappa shape index (κ2) is 6.52. The molecular formula is C14H16ClN3O. The van der Waals surface area contributed by atoms with Crippen LogP contribution in [0.3, 0.4) is 0 Å². The molecular weight excluding hydrogens is 262 g/mol. The lowest BCUT2D eigenvalue weighted by molar-refractivity contribution is 0.397. The lowest BCUT2D eigenvalue weighted by atomic mass is 9.99. The van der Waals surface area contributed by atoms with Crippen LogP contribution in [0.1, 0.15) is 17.2 Å². The van der Waals surface area contributed by atoms with Crippen LogP contribution in [-0.2, 0) is 6.42 Å². The van der Waals surface area contributed by atoms with Gasteiger partial charge < -0.3 is 4.74 Å². The maximum Gasteiger partial charge on any atom is 0.141 e. The molecule has 0 amide bonds. The van der Waals surface area contributed by atoms with Crippen molar-refractivity contribution in [2.45, 2.75) is 12.5 Å². The third-order valence-electron chi connectivity index (χ3n) is 2.94. The Kier molecular flexibility index (Phi) is 4.74. The number of nitrogens with one attached hydrogen (secondary N) is 1. The molecule has 0 bridgehead atoms. The summed E-state index contributed by atoms with van der Waals surface area (Å²) in [6.45, 7) is 0. The van der Waals surface area contributed by atoms with Crippen LogP contribution >= 0.6 is 11.6 Å². The van der Waals surface area contributed by atoms with E-state index in [0.717, 1.165) is 22.6 Å². The van der Waals surface area contributed by atoms with E-state index < -0.39 is 0 Å². The Morgan fingerprint density at radius 2 is 2.26 bits per heavy atom. The average Bonchev–Trinajstić information content (AvgIpc) is 2.45. The van der Waals surface area contributed by atoms with Crippen LogP contribution in [0.2, 0.25) is 5.02 Å². The van der Waals surface area contributed by atoms with Gasteiger partial charge in [-0.05, 0) is 30.2 Å². The van der Waals surface area contributed by atoms with Crippen molar-refractivity contribution >= 4 is 11.6 Å². The number of aromatic nitrogens is 1. The normalized spacial score (nSPS) is 12.2. The lowest BCUT2D eigenvalue weighted by Crippen LogP contribution is -2.30. The fourth-order valence-electron chi connectivity index (χ4n) is 2.01. The quantitative estimate of drug-likeness (QED) is 0.651. The molecule has 1 aromatic heterocycles. The Hall–Kier alpha value is -1.62. The first kappa shape index (κ1) is 13.8. The topological polar surface area (TPSA) is 60.2 Å². The summed E-state index contributed by atoms with van der Waals surface area (Å²) in [4.78, 5) is 4.04. The first-order valence-corrected chi connectivity index (χ1v) is 6.31. The fraction of sp³-hybridized carbons (Fsp3) is 0.214. The van der Waals surface area contributed by atoms with Gasteiger partial charge in [-0.3, -0.25) is 16.3 Å². The minimum Gasteiger partial charge on any atom is -0.495 e. The number of methoxy groups -OCH3 is 1. The largest absolute Gasteiger partial charge is 0.495 e. The third kappa shape index (κ3) is 3.44. The van der Waals surface area contributed by atoms with Gasteiger partial charge in [-0.2, -0.15) is 0 Å². The number of ether oxygens (including phenoxy) is 1. The molecule has 0 fully saturated rings. The summed E-state index contributed by atoms with van der Waals surface area (Å²) in [7, 11) is 1.62. The fourth-order valence-corrected chi connectivity index (χ4v) is 2.22. The van der Waals surface area contributed by atoms with Gasteiger partial charge in [0.05, 0.1) is 19.3 Å². The molecule has 2 rings (SSSR count). The molecule has 1 unspecified atom stereocenters. The monoisotopic (exact) mass is 277 g/mol. The summed E-state index contributed by atoms with van der Waals surface area (Å²) in [6, 6.07) is 9.56. The Balaban J connectivity index is 2.25. The van der Waals surface area contributed by atoms with Gasteiger partial charge in [0.2, 0.25) is 0 Å². The maximum atomic E-state index is 5.99. The second-order valence-corrected chi connectivity index (χ2v) is 4.61. The van der Waals surface area contributed by atoms with Gasteiger partial charge in [0, 0.05) is 16.8 Å². The molecule has 4 nitrogen and oxygen atoms in total. The number of halogens is 1. The van der Waals surface area contributed by atoms with Crippen molar-refractivity contribution in [3.8, 4) is 5.75 Å². The molecule has 100 valence electrons. The van der Waals surface area contributed by atoms with E-state index in [1.165, 1.54) is 0 Å². The van der Waals surface area contributed by atoms with Crippen LogP contribution < -0.4 is 16.0 Å². The van der Waals surface area contributed by atoms with Crippen molar-refractivity contribution in [1.82, 2.24) is 10.4 Å². The van der Waals surface area contributed by atoms with Crippen LogP contribution in [-0.4, -0.2) is 12.1 Å². The van der Waals surface area contributed by atoms with Crippen LogP contribution in [0.4, 0.5) is 0 Å². The predicted octanol–water partition coefficient (Wildman–Crippen LogP) is 2.49. The van der Waals surface area contributed by atoms with E-state index in [2.05, 4.69) is 10.4 Å². The lowest BCUT2D eigenvalue weighted by Gasteiger charge is -2.18. The summed E-state index contributed by atoms with van der Waals surface area (Å²) in [5, 5.41) is 0.718. The van der Waals surface area contributed by atoms with E-state index >= 15 is 0 Å². The Morgan fingerprint density at radius 3 is 2.95 bits per heavy atom. The second-order valence-electron chi connectivity index (χ2n) is 4.17. The van der Waals surface area contributed by atoms with E-state index in [9.17, 15) is 0 Å². The summed E-state index contributed by atoms with van der Waals surface area (Å²) >= 11 is 5.99. The number of benzene rings is 1. The van der Waals surface area contributed by atoms with Crippen molar-refractivity contribution in [2.24, 2.45) is 5.84 Å². The minimum absolute atomic E-state index is 0.0589. The van der Waals surface area contributed by atoms with Gasteiger partial charge >= 0.3 is 0 Å². The predicted molar refractivity (Wildman–Crippen MR) is 76.0 cm³/mol. The van der Waals surface area contributed by atoms with Gasteiger partial charge in [-0.15, -0.1) is 0 Å². The zero-order chi connectivity index (χ0) is 13.7. The van der Waals surface area contributed by atoms with Crippen molar-refractivity contribution in [2.75, 3.05) is 7.11 Å². The molecule has 5 heteroatoms. The van der Waals surface area contributed by atoms with Crippen LogP contribution in [0.5, 0.6) is 5.75 Å². The smallest absolute Gasteiger partial charge is 0.141 e. The molecule has 0 aliphatic carbocycles. The molecule has 0 spiro atoms. The molecule has 3 N–H and O–H groups in total. The number of rotatable bonds is 5. The molecule has 0 saturated heterocycles. The minimum atomic E-state index is -0.0589. The molecule has 19 heavy (non-hydrogen) atoms. The number of hydrogen-bond donors (Lipinski definition) is 2. The number of nitrogens with zero attached hydrogens (tertiary/aromatic N) is 1. The molecule has 1 heterocycles. The van der Waals surface area contributed by atoms with E-state index in [1.54, 1.807) is 19.5 Å². The zero-order valence-electron chi connectivity index (χ0n) is 10.6. The maximum absolute atomic E-state index is 5.99. The number of hydrazine groups is 1. The van der Waals surface area contributed by atoms with Crippen molar-refractivity contribution < 1.29 is 4.74 Å². The summed E-state index contributed by atoms with van der Waals surface area (Å²) in [6.07, 6.45) is 4.12. The van der Waals surface area contributed by atoms with E-state index in [0.29, 0.717) is 5.75 Å². The standard InChI is InChI=1S/C14H16ClN3O/c1-19-14-9-17-6-5-12(14)13(18-16)8-10-3-2-4-11(15)7-10/h2-7,9,13,18H,8,16H2,1H3. The van der Waals surface area contributed by atoms with Gasteiger partial charge in [0.15, 0.2) is 0 Å². The van der Waals surface area contributed by atoms with Crippen LogP contribution in [0.25, 0.3) is 0 Å². The first-order chi connectivity index (χ1) is 9.24. The Labute approximate surface area is 117 Å².